The molecule has 0 atom stereocenters. The quantitative estimate of drug-likeness (QED) is 0.633. The van der Waals surface area contributed by atoms with E-state index in [9.17, 15) is 0 Å². The standard InChI is InChI=1S/C10H12Cl/c1-3-4-9-5-8(2)6-10(11)7-9/h5-7H,2-4H2,1H3. The van der Waals surface area contributed by atoms with Gasteiger partial charge in [0.25, 0.3) is 0 Å². The molecule has 0 bridgehead atoms. The summed E-state index contributed by atoms with van der Waals surface area (Å²) < 4.78 is 0. The van der Waals surface area contributed by atoms with Gasteiger partial charge in [-0.15, -0.1) is 0 Å². The summed E-state index contributed by atoms with van der Waals surface area (Å²) in [5.41, 5.74) is 2.28. The van der Waals surface area contributed by atoms with Crippen LogP contribution in [0.15, 0.2) is 18.2 Å². The molecule has 1 radical (unpaired) electrons. The van der Waals surface area contributed by atoms with Crippen LogP contribution in [0, 0.1) is 6.92 Å². The lowest BCUT2D eigenvalue weighted by atomic mass is 10.1. The first kappa shape index (κ1) is 8.61. The van der Waals surface area contributed by atoms with E-state index in [0.717, 1.165) is 23.4 Å². The molecule has 0 unspecified atom stereocenters. The number of rotatable bonds is 2. The third kappa shape index (κ3) is 2.55. The van der Waals surface area contributed by atoms with E-state index in [4.69, 9.17) is 11.6 Å². The van der Waals surface area contributed by atoms with Crippen LogP contribution in [0.25, 0.3) is 0 Å². The van der Waals surface area contributed by atoms with E-state index in [2.05, 4.69) is 19.9 Å². The van der Waals surface area contributed by atoms with Gasteiger partial charge in [0, 0.05) is 5.02 Å². The van der Waals surface area contributed by atoms with E-state index >= 15 is 0 Å². The smallest absolute Gasteiger partial charge is 0.0411 e. The highest BCUT2D eigenvalue weighted by Crippen LogP contribution is 2.15. The number of benzene rings is 1. The van der Waals surface area contributed by atoms with Gasteiger partial charge in [0.05, 0.1) is 0 Å². The maximum absolute atomic E-state index is 5.85. The predicted octanol–water partition coefficient (Wildman–Crippen LogP) is 3.47. The molecule has 0 heterocycles. The molecule has 0 aliphatic carbocycles. The van der Waals surface area contributed by atoms with Crippen LogP contribution in [0.5, 0.6) is 0 Å². The highest BCUT2D eigenvalue weighted by Gasteiger charge is 1.94. The molecular weight excluding hydrogens is 156 g/mol. The SMILES string of the molecule is [CH2]c1cc(Cl)cc(CCC)c1. The third-order valence-corrected chi connectivity index (χ3v) is 1.77. The summed E-state index contributed by atoms with van der Waals surface area (Å²) in [6.45, 7) is 6.00. The fourth-order valence-electron chi connectivity index (χ4n) is 1.15. The second-order valence-corrected chi connectivity index (χ2v) is 3.15. The average Bonchev–Trinajstić information content (AvgIpc) is 1.85. The van der Waals surface area contributed by atoms with E-state index < -0.39 is 0 Å². The molecule has 0 saturated carbocycles. The lowest BCUT2D eigenvalue weighted by molar-refractivity contribution is 0.921. The van der Waals surface area contributed by atoms with Crippen LogP contribution in [0.1, 0.15) is 24.5 Å². The Hall–Kier alpha value is -0.490. The molecule has 0 amide bonds. The first-order valence-electron chi connectivity index (χ1n) is 3.84. The van der Waals surface area contributed by atoms with Crippen LogP contribution in [0.4, 0.5) is 0 Å². The van der Waals surface area contributed by atoms with Crippen molar-refractivity contribution in [3.63, 3.8) is 0 Å². The van der Waals surface area contributed by atoms with Gasteiger partial charge < -0.3 is 0 Å². The summed E-state index contributed by atoms with van der Waals surface area (Å²) >= 11 is 5.85. The topological polar surface area (TPSA) is 0 Å². The van der Waals surface area contributed by atoms with Gasteiger partial charge in [0.1, 0.15) is 0 Å². The third-order valence-electron chi connectivity index (χ3n) is 1.56. The summed E-state index contributed by atoms with van der Waals surface area (Å²) in [6.07, 6.45) is 2.24. The maximum atomic E-state index is 5.85. The fourth-order valence-corrected chi connectivity index (χ4v) is 1.43. The molecule has 1 heteroatoms. The van der Waals surface area contributed by atoms with Crippen LogP contribution in [0.3, 0.4) is 0 Å². The zero-order valence-electron chi connectivity index (χ0n) is 6.73. The molecule has 0 aliphatic rings. The number of hydrogen-bond donors (Lipinski definition) is 0. The van der Waals surface area contributed by atoms with E-state index in [1.807, 2.05) is 12.1 Å². The molecule has 0 spiro atoms. The molecule has 0 aromatic heterocycles. The molecule has 1 rings (SSSR count). The van der Waals surface area contributed by atoms with Crippen LogP contribution in [0.2, 0.25) is 5.02 Å². The summed E-state index contributed by atoms with van der Waals surface area (Å²) in [5.74, 6) is 0. The van der Waals surface area contributed by atoms with E-state index in [1.54, 1.807) is 0 Å². The van der Waals surface area contributed by atoms with Gasteiger partial charge in [0.2, 0.25) is 0 Å². The Morgan fingerprint density at radius 1 is 1.36 bits per heavy atom. The lowest BCUT2D eigenvalue weighted by Crippen LogP contribution is -1.84. The van der Waals surface area contributed by atoms with Gasteiger partial charge in [-0.2, -0.15) is 0 Å². The van der Waals surface area contributed by atoms with Crippen molar-refractivity contribution in [1.29, 1.82) is 0 Å². The second kappa shape index (κ2) is 3.77. The Kier molecular flexibility index (Phi) is 2.95. The van der Waals surface area contributed by atoms with Gasteiger partial charge in [-0.3, -0.25) is 0 Å². The number of aryl methyl sites for hydroxylation is 1. The predicted molar refractivity (Wildman–Crippen MR) is 49.9 cm³/mol. The van der Waals surface area contributed by atoms with Gasteiger partial charge in [-0.05, 0) is 36.6 Å². The summed E-state index contributed by atoms with van der Waals surface area (Å²) in [5, 5.41) is 0.793. The molecule has 1 aromatic rings. The summed E-state index contributed by atoms with van der Waals surface area (Å²) in [4.78, 5) is 0. The van der Waals surface area contributed by atoms with Crippen molar-refractivity contribution in [1.82, 2.24) is 0 Å². The Labute approximate surface area is 73.2 Å². The molecule has 11 heavy (non-hydrogen) atoms. The van der Waals surface area contributed by atoms with Crippen molar-refractivity contribution < 1.29 is 0 Å². The van der Waals surface area contributed by atoms with Crippen LogP contribution in [-0.4, -0.2) is 0 Å². The van der Waals surface area contributed by atoms with Gasteiger partial charge in [-0.25, -0.2) is 0 Å². The normalized spacial score (nSPS) is 10.1. The van der Waals surface area contributed by atoms with Gasteiger partial charge in [-0.1, -0.05) is 31.0 Å². The van der Waals surface area contributed by atoms with E-state index in [1.165, 1.54) is 5.56 Å². The van der Waals surface area contributed by atoms with Gasteiger partial charge in [0.15, 0.2) is 0 Å². The fraction of sp³-hybridized carbons (Fsp3) is 0.300. The van der Waals surface area contributed by atoms with Crippen LogP contribution in [-0.2, 0) is 6.42 Å². The lowest BCUT2D eigenvalue weighted by Gasteiger charge is -2.00. The first-order chi connectivity index (χ1) is 5.22. The molecule has 0 aliphatic heterocycles. The Bertz CT molecular complexity index is 220. The second-order valence-electron chi connectivity index (χ2n) is 2.72. The maximum Gasteiger partial charge on any atom is 0.0411 e. The van der Waals surface area contributed by atoms with E-state index in [0.29, 0.717) is 0 Å². The largest absolute Gasteiger partial charge is 0.0843 e. The van der Waals surface area contributed by atoms with Gasteiger partial charge >= 0.3 is 0 Å². The summed E-state index contributed by atoms with van der Waals surface area (Å²) in [7, 11) is 0. The highest BCUT2D eigenvalue weighted by atomic mass is 35.5. The Balaban J connectivity index is 2.89. The van der Waals surface area contributed by atoms with Crippen molar-refractivity contribution in [2.45, 2.75) is 19.8 Å². The van der Waals surface area contributed by atoms with Crippen LogP contribution < -0.4 is 0 Å². The first-order valence-corrected chi connectivity index (χ1v) is 4.21. The highest BCUT2D eigenvalue weighted by molar-refractivity contribution is 6.30. The molecular formula is C10H12Cl. The minimum absolute atomic E-state index is 0.793. The number of hydrogen-bond acceptors (Lipinski definition) is 0. The van der Waals surface area contributed by atoms with E-state index in [-0.39, 0.29) is 0 Å². The van der Waals surface area contributed by atoms with Crippen molar-refractivity contribution in [3.05, 3.63) is 41.3 Å². The minimum Gasteiger partial charge on any atom is -0.0843 e. The molecule has 59 valence electrons. The molecule has 0 N–H and O–H groups in total. The molecule has 0 nitrogen and oxygen atoms in total. The Morgan fingerprint density at radius 3 is 2.64 bits per heavy atom. The molecule has 0 saturated heterocycles. The zero-order valence-corrected chi connectivity index (χ0v) is 7.49. The van der Waals surface area contributed by atoms with Crippen LogP contribution >= 0.6 is 11.6 Å². The molecule has 0 fully saturated rings. The number of halogens is 1. The minimum atomic E-state index is 0.793. The Morgan fingerprint density at radius 2 is 2.09 bits per heavy atom. The monoisotopic (exact) mass is 167 g/mol. The molecule has 1 aromatic carbocycles. The van der Waals surface area contributed by atoms with Crippen molar-refractivity contribution in [2.24, 2.45) is 0 Å². The van der Waals surface area contributed by atoms with Crippen molar-refractivity contribution >= 4 is 11.6 Å². The van der Waals surface area contributed by atoms with Crippen molar-refractivity contribution in [3.8, 4) is 0 Å². The summed E-state index contributed by atoms with van der Waals surface area (Å²) in [6, 6.07) is 5.95. The average molecular weight is 168 g/mol. The van der Waals surface area contributed by atoms with Crippen molar-refractivity contribution in [2.75, 3.05) is 0 Å². The zero-order chi connectivity index (χ0) is 8.27.